The Bertz CT molecular complexity index is 4380. The van der Waals surface area contributed by atoms with E-state index in [1.165, 1.54) is 0 Å². The normalized spacial score (nSPS) is 22.3. The van der Waals surface area contributed by atoms with Gasteiger partial charge in [0.05, 0.1) is 50.7 Å². The van der Waals surface area contributed by atoms with Gasteiger partial charge >= 0.3 is 0 Å². The van der Waals surface area contributed by atoms with Crippen LogP contribution in [0.2, 0.25) is 0 Å². The average molecular weight is 750 g/mol. The topological polar surface area (TPSA) is 34.1 Å². The fraction of sp³-hybridized carbons (Fsp3) is 0.0204. The molecule has 10 rings (SSSR count). The summed E-state index contributed by atoms with van der Waals surface area (Å²) in [4.78, 5) is 0. The quantitative estimate of drug-likeness (QED) is 0.159. The highest BCUT2D eigenvalue weighted by molar-refractivity contribution is 7.85. The van der Waals surface area contributed by atoms with E-state index >= 15 is 9.13 Å². The molecule has 8 aromatic rings. The molecule has 0 fully saturated rings. The van der Waals surface area contributed by atoms with Crippen molar-refractivity contribution in [2.75, 3.05) is 0 Å². The van der Waals surface area contributed by atoms with Gasteiger partial charge in [-0.15, -0.1) is 0 Å². The zero-order valence-corrected chi connectivity index (χ0v) is 28.1. The lowest BCUT2D eigenvalue weighted by atomic mass is 9.70. The van der Waals surface area contributed by atoms with Crippen LogP contribution >= 0.6 is 14.3 Å². The molecule has 4 heteroatoms. The minimum Gasteiger partial charge on any atom is -0.309 e. The van der Waals surface area contributed by atoms with Crippen LogP contribution in [0.15, 0.2) is 205 Å². The fourth-order valence-corrected chi connectivity index (χ4v) is 10.8. The van der Waals surface area contributed by atoms with Crippen molar-refractivity contribution in [2.45, 2.75) is 5.41 Å². The second kappa shape index (κ2) is 12.1. The molecule has 53 heavy (non-hydrogen) atoms. The van der Waals surface area contributed by atoms with Crippen molar-refractivity contribution in [3.8, 4) is 22.3 Å². The van der Waals surface area contributed by atoms with Crippen molar-refractivity contribution in [3.63, 3.8) is 0 Å². The number of benzene rings is 8. The van der Waals surface area contributed by atoms with E-state index in [0.29, 0.717) is 6.07 Å². The number of hydrogen-bond acceptors (Lipinski definition) is 2. The molecule has 0 amide bonds. The standard InChI is InChI=1S/C49H34O2P2/c50-52(35-17-5-1-6-18-35,36-19-7-2-8-20-36)39-29-31-43-44-32-30-40(53(51,37-21-9-3-10-22-37)38-23-11-4-12-24-38)34-48(44)49(47(43)33-39)45-27-15-13-25-41(45)42-26-14-16-28-46(42)49/h1-34H/i1D,2D,3D,4D,5D,6D,7D,8D,9D,10D,11D,12D,13D,14D,15D,16D,17D,18D,19D,20D,21D,22D,23D,24D,25D,26D,27D,28D,29D,31D,32D,33D,34D. The lowest BCUT2D eigenvalue weighted by molar-refractivity contribution is 0.591. The lowest BCUT2D eigenvalue weighted by Gasteiger charge is -2.32. The van der Waals surface area contributed by atoms with E-state index in [4.69, 9.17) is 32.9 Å². The van der Waals surface area contributed by atoms with Crippen molar-refractivity contribution >= 4 is 46.1 Å². The van der Waals surface area contributed by atoms with Crippen molar-refractivity contribution < 1.29 is 54.4 Å². The summed E-state index contributed by atoms with van der Waals surface area (Å²) in [5.41, 5.74) is -11.4. The van der Waals surface area contributed by atoms with Gasteiger partial charge in [0.2, 0.25) is 0 Å². The Morgan fingerprint density at radius 3 is 1.11 bits per heavy atom. The highest BCUT2D eigenvalue weighted by atomic mass is 31.2. The molecule has 2 aliphatic carbocycles. The Hall–Kier alpha value is -5.78. The van der Waals surface area contributed by atoms with Crippen LogP contribution in [0.1, 0.15) is 67.5 Å². The zero-order chi connectivity index (χ0) is 64.3. The Labute approximate surface area is 356 Å². The SMILES string of the molecule is [2H]c1cc(P(=O)(c2c([2H])c([2H])c([2H])c([2H])c2[2H])c2c([2H])c([2H])c([2H])c([2H])c2[2H])c([2H])c2c1-c1c([2H])c([2H])c(P(=O)(c3c([2H])c([2H])c([2H])c([2H])c3[2H])c3c([2H])c([2H])c([2H])c([2H])c3[2H])c([2H])c1C21c2c([2H])c([2H])c([2H])c([2H])c2-c2c([2H])c([2H])c([2H])c([2H])c21. The van der Waals surface area contributed by atoms with Crippen LogP contribution < -0.4 is 31.8 Å². The summed E-state index contributed by atoms with van der Waals surface area (Å²) < 4.78 is 336. The van der Waals surface area contributed by atoms with Crippen LogP contribution in [0.4, 0.5) is 0 Å². The molecule has 0 unspecified atom stereocenters. The van der Waals surface area contributed by atoms with Gasteiger partial charge in [0.15, 0.2) is 14.3 Å². The highest BCUT2D eigenvalue weighted by Crippen LogP contribution is 2.63. The minimum atomic E-state index is -6.31. The second-order valence-corrected chi connectivity index (χ2v) is 16.5. The molecular weight excluding hydrogens is 682 g/mol. The van der Waals surface area contributed by atoms with Crippen molar-refractivity contribution in [2.24, 2.45) is 0 Å². The first-order valence-corrected chi connectivity index (χ1v) is 18.7. The van der Waals surface area contributed by atoms with Gasteiger partial charge in [0.25, 0.3) is 0 Å². The molecule has 8 aromatic carbocycles. The Morgan fingerprint density at radius 2 is 0.660 bits per heavy atom. The Kier molecular flexibility index (Phi) is 2.90. The van der Waals surface area contributed by atoms with Gasteiger partial charge in [0, 0.05) is 31.8 Å². The summed E-state index contributed by atoms with van der Waals surface area (Å²) in [6.07, 6.45) is 0. The molecule has 0 N–H and O–H groups in total. The van der Waals surface area contributed by atoms with Crippen molar-refractivity contribution in [3.05, 3.63) is 228 Å². The van der Waals surface area contributed by atoms with E-state index in [1.807, 2.05) is 0 Å². The van der Waals surface area contributed by atoms with Gasteiger partial charge in [-0.2, -0.15) is 0 Å². The van der Waals surface area contributed by atoms with E-state index in [9.17, 15) is 12.3 Å². The largest absolute Gasteiger partial charge is 0.309 e. The monoisotopic (exact) mass is 749 g/mol. The average Bonchev–Trinajstić information content (AvgIpc) is 1.46. The lowest BCUT2D eigenvalue weighted by Crippen LogP contribution is -2.31. The summed E-state index contributed by atoms with van der Waals surface area (Å²) in [5.74, 6) is 0. The number of fused-ring (bicyclic) bond motifs is 10. The third kappa shape index (κ3) is 4.47. The van der Waals surface area contributed by atoms with Crippen molar-refractivity contribution in [1.82, 2.24) is 0 Å². The van der Waals surface area contributed by atoms with Gasteiger partial charge in [-0.05, 0) is 56.6 Å². The van der Waals surface area contributed by atoms with E-state index in [1.54, 1.807) is 0 Å². The zero-order valence-electron chi connectivity index (χ0n) is 59.3. The second-order valence-electron chi connectivity index (χ2n) is 11.4. The molecule has 2 nitrogen and oxygen atoms in total. The van der Waals surface area contributed by atoms with Crippen LogP contribution in [0.25, 0.3) is 22.3 Å². The summed E-state index contributed by atoms with van der Waals surface area (Å²) in [7, 11) is -12.4. The third-order valence-electron chi connectivity index (χ3n) is 8.89. The molecule has 0 saturated carbocycles. The van der Waals surface area contributed by atoms with Crippen molar-refractivity contribution in [1.29, 1.82) is 0 Å². The highest BCUT2D eigenvalue weighted by Gasteiger charge is 2.52. The van der Waals surface area contributed by atoms with Gasteiger partial charge < -0.3 is 9.13 Å². The molecule has 0 saturated heterocycles. The van der Waals surface area contributed by atoms with Crippen LogP contribution in [0.3, 0.4) is 0 Å². The van der Waals surface area contributed by atoms with E-state index in [2.05, 4.69) is 0 Å². The van der Waals surface area contributed by atoms with Gasteiger partial charge in [-0.25, -0.2) is 0 Å². The molecule has 0 bridgehead atoms. The molecule has 0 aromatic heterocycles. The molecule has 1 spiro atoms. The third-order valence-corrected chi connectivity index (χ3v) is 14.1. The summed E-state index contributed by atoms with van der Waals surface area (Å²) in [6, 6.07) is -41.7. The summed E-state index contributed by atoms with van der Waals surface area (Å²) in [5, 5.41) is -8.42. The fourth-order valence-electron chi connectivity index (χ4n) is 6.71. The maximum absolute atomic E-state index is 17.3. The first kappa shape index (κ1) is 12.7. The van der Waals surface area contributed by atoms with Crippen LogP contribution in [0.5, 0.6) is 0 Å². The minimum absolute atomic E-state index is 0.481. The maximum Gasteiger partial charge on any atom is 0.171 e. The van der Waals surface area contributed by atoms with Gasteiger partial charge in [0.1, 0.15) is 0 Å². The molecule has 2 aliphatic rings. The molecule has 0 radical (unpaired) electrons. The summed E-state index contributed by atoms with van der Waals surface area (Å²) >= 11 is 0. The van der Waals surface area contributed by atoms with E-state index < -0.39 is 295 Å². The first-order valence-electron chi connectivity index (χ1n) is 31.8. The molecular formula is C49H34O2P2. The Balaban J connectivity index is 1.58. The number of rotatable bonds is 6. The van der Waals surface area contributed by atoms with Crippen LogP contribution in [-0.2, 0) is 14.5 Å². The maximum atomic E-state index is 17.3. The number of hydrogen-bond donors (Lipinski definition) is 0. The van der Waals surface area contributed by atoms with E-state index in [0.717, 1.165) is 0 Å². The molecule has 252 valence electrons. The van der Waals surface area contributed by atoms with Gasteiger partial charge in [-0.1, -0.05) is 193 Å². The van der Waals surface area contributed by atoms with Crippen LogP contribution in [0, 0.1) is 0 Å². The van der Waals surface area contributed by atoms with Gasteiger partial charge in [-0.3, -0.25) is 0 Å². The molecule has 0 aliphatic heterocycles. The Morgan fingerprint density at radius 1 is 0.321 bits per heavy atom. The predicted octanol–water partition coefficient (Wildman–Crippen LogP) is 9.31. The smallest absolute Gasteiger partial charge is 0.171 e. The first-order chi connectivity index (χ1) is 39.8. The summed E-state index contributed by atoms with van der Waals surface area (Å²) in [6.45, 7) is 0. The van der Waals surface area contributed by atoms with Crippen LogP contribution in [-0.4, -0.2) is 0 Å². The molecule has 0 atom stereocenters. The predicted molar refractivity (Wildman–Crippen MR) is 222 cm³/mol. The van der Waals surface area contributed by atoms with E-state index in [-0.39, 0.29) is 0 Å². The molecule has 0 heterocycles.